The highest BCUT2D eigenvalue weighted by atomic mass is 79.9. The lowest BCUT2D eigenvalue weighted by Crippen LogP contribution is -2.26. The Hall–Kier alpha value is -1.10. The number of anilines is 1. The normalized spacial score (nSPS) is 10.2. The molecule has 0 spiro atoms. The van der Waals surface area contributed by atoms with Gasteiger partial charge in [-0.2, -0.15) is 0 Å². The molecule has 1 N–H and O–H groups in total. The van der Waals surface area contributed by atoms with Crippen LogP contribution in [-0.2, 0) is 11.3 Å². The first-order valence-corrected chi connectivity index (χ1v) is 5.99. The third kappa shape index (κ3) is 2.52. The van der Waals surface area contributed by atoms with E-state index in [2.05, 4.69) is 21.2 Å². The van der Waals surface area contributed by atoms with Crippen LogP contribution in [0.15, 0.2) is 15.5 Å². The summed E-state index contributed by atoms with van der Waals surface area (Å²) in [4.78, 5) is 23.3. The van der Waals surface area contributed by atoms with Crippen molar-refractivity contribution >= 4 is 27.5 Å². The molecule has 0 unspecified atom stereocenters. The van der Waals surface area contributed by atoms with Gasteiger partial charge in [-0.1, -0.05) is 6.92 Å². The number of carbonyl (C=O) groups excluding carboxylic acids is 1. The lowest BCUT2D eigenvalue weighted by Gasteiger charge is -2.11. The van der Waals surface area contributed by atoms with Crippen molar-refractivity contribution in [3.8, 4) is 0 Å². The number of aromatic nitrogens is 1. The summed E-state index contributed by atoms with van der Waals surface area (Å²) in [7, 11) is 0. The molecule has 0 aliphatic rings. The molecular formula is C11H15BrN2O2. The van der Waals surface area contributed by atoms with Crippen LogP contribution in [-0.4, -0.2) is 10.5 Å². The second kappa shape index (κ2) is 5.30. The minimum Gasteiger partial charge on any atom is -0.321 e. The molecule has 0 aromatic carbocycles. The van der Waals surface area contributed by atoms with Gasteiger partial charge in [-0.3, -0.25) is 9.59 Å². The molecule has 0 aliphatic carbocycles. The highest BCUT2D eigenvalue weighted by molar-refractivity contribution is 9.10. The molecule has 0 aliphatic heterocycles. The fraction of sp³-hybridized carbons (Fsp3) is 0.455. The number of aryl methyl sites for hydroxylation is 1. The third-order valence-corrected chi connectivity index (χ3v) is 3.20. The van der Waals surface area contributed by atoms with E-state index in [9.17, 15) is 9.59 Å². The van der Waals surface area contributed by atoms with Gasteiger partial charge < -0.3 is 9.88 Å². The Labute approximate surface area is 103 Å². The molecule has 1 aromatic rings. The Bertz CT molecular complexity index is 466. The molecule has 1 amide bonds. The smallest absolute Gasteiger partial charge is 0.274 e. The number of nitrogens with zero attached hydrogens (tertiary/aromatic N) is 1. The molecule has 1 aromatic heterocycles. The SMILES string of the molecule is CCC(=O)Nc1c(C)c(Br)cn(CC)c1=O. The zero-order valence-corrected chi connectivity index (χ0v) is 11.2. The molecule has 5 heteroatoms. The zero-order valence-electron chi connectivity index (χ0n) is 9.63. The Morgan fingerprint density at radius 2 is 2.12 bits per heavy atom. The van der Waals surface area contributed by atoms with Crippen LogP contribution in [0.1, 0.15) is 25.8 Å². The predicted octanol–water partition coefficient (Wildman–Crippen LogP) is 2.29. The van der Waals surface area contributed by atoms with Gasteiger partial charge in [0.25, 0.3) is 5.56 Å². The van der Waals surface area contributed by atoms with Crippen molar-refractivity contribution in [2.24, 2.45) is 0 Å². The molecule has 0 fully saturated rings. The van der Waals surface area contributed by atoms with Crippen molar-refractivity contribution in [2.75, 3.05) is 5.32 Å². The van der Waals surface area contributed by atoms with E-state index < -0.39 is 0 Å². The van der Waals surface area contributed by atoms with E-state index in [1.54, 1.807) is 24.6 Å². The van der Waals surface area contributed by atoms with Crippen molar-refractivity contribution in [2.45, 2.75) is 33.7 Å². The molecule has 4 nitrogen and oxygen atoms in total. The highest BCUT2D eigenvalue weighted by Crippen LogP contribution is 2.20. The second-order valence-corrected chi connectivity index (χ2v) is 4.32. The van der Waals surface area contributed by atoms with Crippen LogP contribution in [0, 0.1) is 6.92 Å². The van der Waals surface area contributed by atoms with Gasteiger partial charge in [0.05, 0.1) is 0 Å². The van der Waals surface area contributed by atoms with E-state index in [-0.39, 0.29) is 11.5 Å². The molecule has 0 bridgehead atoms. The minimum atomic E-state index is -0.162. The van der Waals surface area contributed by atoms with E-state index in [1.807, 2.05) is 6.92 Å². The van der Waals surface area contributed by atoms with Gasteiger partial charge in [0.15, 0.2) is 0 Å². The Morgan fingerprint density at radius 3 is 2.62 bits per heavy atom. The Morgan fingerprint density at radius 1 is 1.50 bits per heavy atom. The topological polar surface area (TPSA) is 51.1 Å². The van der Waals surface area contributed by atoms with Crippen molar-refractivity contribution in [1.29, 1.82) is 0 Å². The number of hydrogen-bond acceptors (Lipinski definition) is 2. The Kier molecular flexibility index (Phi) is 4.29. The number of amides is 1. The second-order valence-electron chi connectivity index (χ2n) is 3.47. The van der Waals surface area contributed by atoms with Crippen LogP contribution in [0.4, 0.5) is 5.69 Å². The summed E-state index contributed by atoms with van der Waals surface area (Å²) in [5.41, 5.74) is 0.963. The number of pyridine rings is 1. The van der Waals surface area contributed by atoms with Crippen molar-refractivity contribution < 1.29 is 4.79 Å². The van der Waals surface area contributed by atoms with E-state index in [4.69, 9.17) is 0 Å². The first-order chi connectivity index (χ1) is 7.51. The lowest BCUT2D eigenvalue weighted by molar-refractivity contribution is -0.115. The van der Waals surface area contributed by atoms with E-state index in [0.29, 0.717) is 18.7 Å². The predicted molar refractivity (Wildman–Crippen MR) is 67.7 cm³/mol. The van der Waals surface area contributed by atoms with E-state index >= 15 is 0 Å². The maximum atomic E-state index is 12.0. The number of halogens is 1. The lowest BCUT2D eigenvalue weighted by atomic mass is 10.2. The maximum Gasteiger partial charge on any atom is 0.274 e. The molecule has 0 saturated carbocycles. The molecule has 0 atom stereocenters. The Balaban J connectivity index is 3.30. The van der Waals surface area contributed by atoms with E-state index in [0.717, 1.165) is 10.0 Å². The average Bonchev–Trinajstić information content (AvgIpc) is 2.28. The van der Waals surface area contributed by atoms with Crippen LogP contribution in [0.3, 0.4) is 0 Å². The first-order valence-electron chi connectivity index (χ1n) is 5.20. The fourth-order valence-electron chi connectivity index (χ4n) is 1.33. The molecular weight excluding hydrogens is 272 g/mol. The van der Waals surface area contributed by atoms with Crippen LogP contribution in [0.5, 0.6) is 0 Å². The fourth-order valence-corrected chi connectivity index (χ4v) is 1.77. The monoisotopic (exact) mass is 286 g/mol. The number of carbonyl (C=O) groups is 1. The number of hydrogen-bond donors (Lipinski definition) is 1. The van der Waals surface area contributed by atoms with Crippen molar-refractivity contribution in [3.05, 3.63) is 26.6 Å². The molecule has 1 rings (SSSR count). The zero-order chi connectivity index (χ0) is 12.3. The average molecular weight is 287 g/mol. The molecule has 16 heavy (non-hydrogen) atoms. The van der Waals surface area contributed by atoms with Gasteiger partial charge in [-0.05, 0) is 35.3 Å². The molecule has 0 saturated heterocycles. The largest absolute Gasteiger partial charge is 0.321 e. The summed E-state index contributed by atoms with van der Waals surface area (Å²) >= 11 is 3.37. The summed E-state index contributed by atoms with van der Waals surface area (Å²) in [5.74, 6) is -0.152. The summed E-state index contributed by atoms with van der Waals surface area (Å²) in [6.45, 7) is 6.01. The van der Waals surface area contributed by atoms with E-state index in [1.165, 1.54) is 0 Å². The van der Waals surface area contributed by atoms with Gasteiger partial charge >= 0.3 is 0 Å². The quantitative estimate of drug-likeness (QED) is 0.927. The third-order valence-electron chi connectivity index (χ3n) is 2.40. The van der Waals surface area contributed by atoms with Crippen molar-refractivity contribution in [1.82, 2.24) is 4.57 Å². The maximum absolute atomic E-state index is 12.0. The van der Waals surface area contributed by atoms with Crippen molar-refractivity contribution in [3.63, 3.8) is 0 Å². The summed E-state index contributed by atoms with van der Waals surface area (Å²) in [6, 6.07) is 0. The van der Waals surface area contributed by atoms with Gasteiger partial charge in [0, 0.05) is 23.6 Å². The van der Waals surface area contributed by atoms with Crippen LogP contribution >= 0.6 is 15.9 Å². The summed E-state index contributed by atoms with van der Waals surface area (Å²) < 4.78 is 2.38. The summed E-state index contributed by atoms with van der Waals surface area (Å²) in [6.07, 6.45) is 2.09. The van der Waals surface area contributed by atoms with Crippen LogP contribution < -0.4 is 10.9 Å². The van der Waals surface area contributed by atoms with Gasteiger partial charge in [0.2, 0.25) is 5.91 Å². The molecule has 1 heterocycles. The van der Waals surface area contributed by atoms with Crippen LogP contribution in [0.2, 0.25) is 0 Å². The molecule has 88 valence electrons. The minimum absolute atomic E-state index is 0.152. The summed E-state index contributed by atoms with van der Waals surface area (Å²) in [5, 5.41) is 2.64. The van der Waals surface area contributed by atoms with Gasteiger partial charge in [-0.15, -0.1) is 0 Å². The highest BCUT2D eigenvalue weighted by Gasteiger charge is 2.12. The van der Waals surface area contributed by atoms with Gasteiger partial charge in [-0.25, -0.2) is 0 Å². The standard InChI is InChI=1S/C11H15BrN2O2/c1-4-9(15)13-10-7(3)8(12)6-14(5-2)11(10)16/h6H,4-5H2,1-3H3,(H,13,15). The first kappa shape index (κ1) is 13.0. The molecule has 0 radical (unpaired) electrons. The van der Waals surface area contributed by atoms with Gasteiger partial charge in [0.1, 0.15) is 5.69 Å². The van der Waals surface area contributed by atoms with Crippen LogP contribution in [0.25, 0.3) is 0 Å². The number of rotatable bonds is 3. The number of nitrogens with one attached hydrogen (secondary N) is 1.